The van der Waals surface area contributed by atoms with E-state index in [1.165, 1.54) is 12.1 Å². The summed E-state index contributed by atoms with van der Waals surface area (Å²) in [5.41, 5.74) is 0. The van der Waals surface area contributed by atoms with Gasteiger partial charge in [0.15, 0.2) is 0 Å². The van der Waals surface area contributed by atoms with Crippen LogP contribution in [0.1, 0.15) is 19.3 Å². The van der Waals surface area contributed by atoms with E-state index in [0.29, 0.717) is 16.0 Å². The number of rotatable bonds is 7. The van der Waals surface area contributed by atoms with Gasteiger partial charge in [0, 0.05) is 16.3 Å². The van der Waals surface area contributed by atoms with Gasteiger partial charge in [-0.25, -0.2) is 13.1 Å². The topological polar surface area (TPSA) is 46.2 Å². The normalized spacial score (nSPS) is 11.7. The van der Waals surface area contributed by atoms with E-state index in [-0.39, 0.29) is 4.90 Å². The molecule has 1 aromatic carbocycles. The molecule has 0 bridgehead atoms. The lowest BCUT2D eigenvalue weighted by molar-refractivity contribution is 0.576. The zero-order chi connectivity index (χ0) is 13.6. The van der Waals surface area contributed by atoms with E-state index < -0.39 is 10.0 Å². The summed E-state index contributed by atoms with van der Waals surface area (Å²) in [5, 5.41) is 1.44. The molecule has 1 aromatic rings. The molecule has 3 nitrogen and oxygen atoms in total. The van der Waals surface area contributed by atoms with Crippen LogP contribution in [0.25, 0.3) is 0 Å². The van der Waals surface area contributed by atoms with Crippen molar-refractivity contribution in [2.45, 2.75) is 24.2 Å². The number of nitrogens with one attached hydrogen (secondary N) is 1. The zero-order valence-electron chi connectivity index (χ0n) is 9.63. The maximum absolute atomic E-state index is 11.9. The van der Waals surface area contributed by atoms with E-state index in [1.54, 1.807) is 6.07 Å². The van der Waals surface area contributed by atoms with Crippen LogP contribution in [0, 0.1) is 0 Å². The molecule has 0 amide bonds. The zero-order valence-corrected chi connectivity index (χ0v) is 14.4. The summed E-state index contributed by atoms with van der Waals surface area (Å²) in [6.07, 6.45) is 2.88. The number of hydrogen-bond donors (Lipinski definition) is 1. The molecule has 0 saturated carbocycles. The summed E-state index contributed by atoms with van der Waals surface area (Å²) in [5.74, 6) is 0. The molecule has 0 atom stereocenters. The molecule has 18 heavy (non-hydrogen) atoms. The summed E-state index contributed by atoms with van der Waals surface area (Å²) in [6, 6.07) is 4.56. The quantitative estimate of drug-likeness (QED) is 0.537. The highest BCUT2D eigenvalue weighted by molar-refractivity contribution is 9.10. The molecule has 0 aliphatic heterocycles. The van der Waals surface area contributed by atoms with E-state index in [4.69, 9.17) is 11.6 Å². The van der Waals surface area contributed by atoms with E-state index in [9.17, 15) is 8.42 Å². The molecule has 1 N–H and O–H groups in total. The first-order valence-electron chi connectivity index (χ1n) is 5.48. The van der Waals surface area contributed by atoms with Gasteiger partial charge in [-0.2, -0.15) is 0 Å². The minimum atomic E-state index is -3.44. The van der Waals surface area contributed by atoms with Crippen molar-refractivity contribution in [3.05, 3.63) is 27.7 Å². The standard InChI is InChI=1S/C11H14Br2ClNO2S/c12-6-2-1-3-7-15-18(16,17)9-4-5-11(14)10(13)8-9/h4-5,8,15H,1-3,6-7H2. The highest BCUT2D eigenvalue weighted by atomic mass is 79.9. The molecule has 0 radical (unpaired) electrons. The molecular formula is C11H14Br2ClNO2S. The highest BCUT2D eigenvalue weighted by Gasteiger charge is 2.14. The maximum atomic E-state index is 11.9. The molecule has 0 heterocycles. The lowest BCUT2D eigenvalue weighted by Crippen LogP contribution is -2.24. The van der Waals surface area contributed by atoms with Gasteiger partial charge >= 0.3 is 0 Å². The number of halogens is 3. The first-order chi connectivity index (χ1) is 8.47. The Balaban J connectivity index is 2.60. The Labute approximate surface area is 130 Å². The van der Waals surface area contributed by atoms with Crippen LogP contribution in [0.5, 0.6) is 0 Å². The van der Waals surface area contributed by atoms with Gasteiger partial charge < -0.3 is 0 Å². The third-order valence-corrected chi connectivity index (χ3v) is 5.54. The van der Waals surface area contributed by atoms with Gasteiger partial charge in [-0.05, 0) is 47.0 Å². The average molecular weight is 420 g/mol. The SMILES string of the molecule is O=S(=O)(NCCCCCBr)c1ccc(Cl)c(Br)c1. The van der Waals surface area contributed by atoms with Gasteiger partial charge in [-0.1, -0.05) is 34.0 Å². The van der Waals surface area contributed by atoms with E-state index in [0.717, 1.165) is 24.6 Å². The van der Waals surface area contributed by atoms with Gasteiger partial charge in [0.05, 0.1) is 9.92 Å². The molecule has 0 aromatic heterocycles. The summed E-state index contributed by atoms with van der Waals surface area (Å²) in [4.78, 5) is 0.222. The minimum absolute atomic E-state index is 0.222. The monoisotopic (exact) mass is 417 g/mol. The van der Waals surface area contributed by atoms with Crippen molar-refractivity contribution < 1.29 is 8.42 Å². The third kappa shape index (κ3) is 5.17. The largest absolute Gasteiger partial charge is 0.240 e. The van der Waals surface area contributed by atoms with Gasteiger partial charge in [0.2, 0.25) is 10.0 Å². The lowest BCUT2D eigenvalue weighted by Gasteiger charge is -2.07. The second-order valence-corrected chi connectivity index (χ2v) is 7.54. The van der Waals surface area contributed by atoms with E-state index >= 15 is 0 Å². The van der Waals surface area contributed by atoms with Crippen molar-refractivity contribution in [3.63, 3.8) is 0 Å². The van der Waals surface area contributed by atoms with Gasteiger partial charge in [0.1, 0.15) is 0 Å². The van der Waals surface area contributed by atoms with Crippen molar-refractivity contribution in [3.8, 4) is 0 Å². The Kier molecular flexibility index (Phi) is 7.16. The average Bonchev–Trinajstić information content (AvgIpc) is 2.32. The van der Waals surface area contributed by atoms with Crippen LogP contribution in [0.15, 0.2) is 27.6 Å². The minimum Gasteiger partial charge on any atom is -0.211 e. The Morgan fingerprint density at radius 1 is 1.22 bits per heavy atom. The van der Waals surface area contributed by atoms with Crippen LogP contribution in [-0.4, -0.2) is 20.3 Å². The van der Waals surface area contributed by atoms with Gasteiger partial charge in [-0.15, -0.1) is 0 Å². The maximum Gasteiger partial charge on any atom is 0.240 e. The summed E-state index contributed by atoms with van der Waals surface area (Å²) in [7, 11) is -3.44. The molecule has 1 rings (SSSR count). The first kappa shape index (κ1) is 16.4. The second-order valence-electron chi connectivity index (χ2n) is 3.72. The van der Waals surface area contributed by atoms with Crippen LogP contribution < -0.4 is 4.72 Å². The van der Waals surface area contributed by atoms with Gasteiger partial charge in [-0.3, -0.25) is 0 Å². The highest BCUT2D eigenvalue weighted by Crippen LogP contribution is 2.25. The predicted octanol–water partition coefficient (Wildman–Crippen LogP) is 3.95. The lowest BCUT2D eigenvalue weighted by atomic mass is 10.3. The molecule has 0 fully saturated rings. The number of alkyl halides is 1. The van der Waals surface area contributed by atoms with Crippen LogP contribution in [0.2, 0.25) is 5.02 Å². The van der Waals surface area contributed by atoms with Crippen molar-refractivity contribution in [2.75, 3.05) is 11.9 Å². The van der Waals surface area contributed by atoms with Crippen LogP contribution in [-0.2, 0) is 10.0 Å². The van der Waals surface area contributed by atoms with Crippen molar-refractivity contribution in [1.82, 2.24) is 4.72 Å². The third-order valence-electron chi connectivity index (χ3n) is 2.30. The number of sulfonamides is 1. The first-order valence-corrected chi connectivity index (χ1v) is 9.25. The molecular weight excluding hydrogens is 405 g/mol. The van der Waals surface area contributed by atoms with Crippen molar-refractivity contribution >= 4 is 53.5 Å². The smallest absolute Gasteiger partial charge is 0.211 e. The number of benzene rings is 1. The Morgan fingerprint density at radius 3 is 2.56 bits per heavy atom. The van der Waals surface area contributed by atoms with Crippen molar-refractivity contribution in [2.24, 2.45) is 0 Å². The van der Waals surface area contributed by atoms with Crippen LogP contribution in [0.4, 0.5) is 0 Å². The summed E-state index contributed by atoms with van der Waals surface area (Å²) < 4.78 is 27.0. The number of hydrogen-bond acceptors (Lipinski definition) is 2. The predicted molar refractivity (Wildman–Crippen MR) is 82.0 cm³/mol. The van der Waals surface area contributed by atoms with Crippen molar-refractivity contribution in [1.29, 1.82) is 0 Å². The molecule has 102 valence electrons. The second kappa shape index (κ2) is 7.85. The Bertz CT molecular complexity index is 494. The molecule has 0 unspecified atom stereocenters. The van der Waals surface area contributed by atoms with Gasteiger partial charge in [0.25, 0.3) is 0 Å². The van der Waals surface area contributed by atoms with Crippen LogP contribution in [0.3, 0.4) is 0 Å². The molecule has 0 aliphatic carbocycles. The molecule has 0 aliphatic rings. The van der Waals surface area contributed by atoms with Crippen LogP contribution >= 0.6 is 43.5 Å². The fraction of sp³-hybridized carbons (Fsp3) is 0.455. The fourth-order valence-electron chi connectivity index (χ4n) is 1.33. The Hall–Kier alpha value is 0.380. The van der Waals surface area contributed by atoms with E-state index in [1.807, 2.05) is 0 Å². The number of unbranched alkanes of at least 4 members (excludes halogenated alkanes) is 2. The summed E-state index contributed by atoms with van der Waals surface area (Å²) >= 11 is 12.4. The fourth-order valence-corrected chi connectivity index (χ4v) is 3.47. The molecule has 7 heteroatoms. The van der Waals surface area contributed by atoms with E-state index in [2.05, 4.69) is 36.6 Å². The molecule has 0 spiro atoms. The molecule has 0 saturated heterocycles. The Morgan fingerprint density at radius 2 is 1.94 bits per heavy atom. The summed E-state index contributed by atoms with van der Waals surface area (Å²) in [6.45, 7) is 0.454.